The summed E-state index contributed by atoms with van der Waals surface area (Å²) in [7, 11) is 0. The van der Waals surface area contributed by atoms with Crippen molar-refractivity contribution in [2.75, 3.05) is 11.5 Å². The Morgan fingerprint density at radius 2 is 2.00 bits per heavy atom. The normalized spacial score (nSPS) is 9.91. The molecule has 0 aromatic heterocycles. The fourth-order valence-corrected chi connectivity index (χ4v) is 1.19. The minimum absolute atomic E-state index is 0.897. The number of hydrogen-bond donors (Lipinski definition) is 2. The van der Waals surface area contributed by atoms with Crippen LogP contribution in [0.2, 0.25) is 0 Å². The molecule has 1 aromatic rings. The lowest BCUT2D eigenvalue weighted by Crippen LogP contribution is -1.93. The van der Waals surface area contributed by atoms with Gasteiger partial charge < -0.3 is 5.73 Å². The lowest BCUT2D eigenvalue weighted by atomic mass is 10.1. The van der Waals surface area contributed by atoms with E-state index in [1.807, 2.05) is 18.2 Å². The molecule has 0 saturated carbocycles. The molecule has 2 N–H and O–H groups in total. The summed E-state index contributed by atoms with van der Waals surface area (Å²) in [4.78, 5) is 0. The minimum Gasteiger partial charge on any atom is -0.399 e. The van der Waals surface area contributed by atoms with Crippen molar-refractivity contribution in [1.29, 1.82) is 0 Å². The number of rotatable bonds is 3. The van der Waals surface area contributed by atoms with E-state index in [0.29, 0.717) is 0 Å². The molecule has 0 aliphatic carbocycles. The van der Waals surface area contributed by atoms with Gasteiger partial charge in [-0.05, 0) is 30.2 Å². The van der Waals surface area contributed by atoms with Crippen LogP contribution in [0.5, 0.6) is 0 Å². The number of thiol groups is 1. The Balaban J connectivity index is 2.62. The van der Waals surface area contributed by atoms with E-state index in [-0.39, 0.29) is 0 Å². The molecule has 0 saturated heterocycles. The molecule has 0 heterocycles. The average Bonchev–Trinajstić information content (AvgIpc) is 2.03. The Bertz CT molecular complexity index is 223. The zero-order chi connectivity index (χ0) is 8.10. The van der Waals surface area contributed by atoms with Gasteiger partial charge in [0.2, 0.25) is 0 Å². The van der Waals surface area contributed by atoms with Crippen LogP contribution < -0.4 is 5.73 Å². The van der Waals surface area contributed by atoms with Gasteiger partial charge in [0.1, 0.15) is 0 Å². The molecule has 11 heavy (non-hydrogen) atoms. The lowest BCUT2D eigenvalue weighted by Gasteiger charge is -2.02. The average molecular weight is 167 g/mol. The molecule has 60 valence electrons. The van der Waals surface area contributed by atoms with Crippen molar-refractivity contribution >= 4 is 18.3 Å². The van der Waals surface area contributed by atoms with Gasteiger partial charge in [-0.1, -0.05) is 18.2 Å². The molecule has 2 heteroatoms. The maximum Gasteiger partial charge on any atom is 0.0346 e. The number of anilines is 1. The molecule has 0 unspecified atom stereocenters. The number of hydrogen-bond acceptors (Lipinski definition) is 2. The van der Waals surface area contributed by atoms with Crippen LogP contribution >= 0.6 is 12.6 Å². The largest absolute Gasteiger partial charge is 0.399 e. The molecule has 0 bridgehead atoms. The van der Waals surface area contributed by atoms with Crippen molar-refractivity contribution in [2.45, 2.75) is 12.8 Å². The van der Waals surface area contributed by atoms with E-state index in [1.54, 1.807) is 0 Å². The van der Waals surface area contributed by atoms with Crippen molar-refractivity contribution < 1.29 is 0 Å². The Kier molecular flexibility index (Phi) is 3.30. The summed E-state index contributed by atoms with van der Waals surface area (Å²) in [5, 5.41) is 0. The van der Waals surface area contributed by atoms with E-state index in [4.69, 9.17) is 5.73 Å². The highest BCUT2D eigenvalue weighted by Crippen LogP contribution is 2.12. The van der Waals surface area contributed by atoms with E-state index in [1.165, 1.54) is 5.56 Å². The first-order valence-corrected chi connectivity index (χ1v) is 4.42. The molecular formula is C9H13NS. The monoisotopic (exact) mass is 167 g/mol. The fraction of sp³-hybridized carbons (Fsp3) is 0.333. The number of para-hydroxylation sites is 1. The third-order valence-electron chi connectivity index (χ3n) is 1.66. The molecule has 0 aliphatic rings. The summed E-state index contributed by atoms with van der Waals surface area (Å²) < 4.78 is 0. The second-order valence-electron chi connectivity index (χ2n) is 2.53. The predicted molar refractivity (Wildman–Crippen MR) is 53.0 cm³/mol. The molecule has 0 amide bonds. The Morgan fingerprint density at radius 1 is 1.27 bits per heavy atom. The zero-order valence-corrected chi connectivity index (χ0v) is 7.35. The van der Waals surface area contributed by atoms with Gasteiger partial charge in [0.25, 0.3) is 0 Å². The second-order valence-corrected chi connectivity index (χ2v) is 2.97. The highest BCUT2D eigenvalue weighted by molar-refractivity contribution is 7.80. The molecule has 1 rings (SSSR count). The van der Waals surface area contributed by atoms with Gasteiger partial charge >= 0.3 is 0 Å². The van der Waals surface area contributed by atoms with E-state index >= 15 is 0 Å². The van der Waals surface area contributed by atoms with Crippen LogP contribution in [-0.2, 0) is 6.42 Å². The van der Waals surface area contributed by atoms with Crippen LogP contribution in [0.25, 0.3) is 0 Å². The molecule has 0 aliphatic heterocycles. The standard InChI is InChI=1S/C9H13NS/c10-9-6-2-1-4-8(9)5-3-7-11/h1-2,4,6,11H,3,5,7,10H2. The van der Waals surface area contributed by atoms with Gasteiger partial charge in [-0.3, -0.25) is 0 Å². The summed E-state index contributed by atoms with van der Waals surface area (Å²) in [5.41, 5.74) is 7.87. The van der Waals surface area contributed by atoms with Crippen molar-refractivity contribution in [3.05, 3.63) is 29.8 Å². The lowest BCUT2D eigenvalue weighted by molar-refractivity contribution is 0.939. The van der Waals surface area contributed by atoms with E-state index in [0.717, 1.165) is 24.3 Å². The molecule has 1 nitrogen and oxygen atoms in total. The predicted octanol–water partition coefficient (Wildman–Crippen LogP) is 2.13. The van der Waals surface area contributed by atoms with Gasteiger partial charge in [0, 0.05) is 5.69 Å². The van der Waals surface area contributed by atoms with Crippen LogP contribution in [0.15, 0.2) is 24.3 Å². The maximum atomic E-state index is 5.74. The number of aryl methyl sites for hydroxylation is 1. The third kappa shape index (κ3) is 2.46. The van der Waals surface area contributed by atoms with Gasteiger partial charge in [-0.2, -0.15) is 12.6 Å². The van der Waals surface area contributed by atoms with E-state index < -0.39 is 0 Å². The van der Waals surface area contributed by atoms with Crippen LogP contribution in [0.1, 0.15) is 12.0 Å². The van der Waals surface area contributed by atoms with Crippen LogP contribution in [0.4, 0.5) is 5.69 Å². The summed E-state index contributed by atoms with van der Waals surface area (Å²) in [6.07, 6.45) is 2.13. The number of nitrogen functional groups attached to an aromatic ring is 1. The quantitative estimate of drug-likeness (QED) is 0.523. The molecule has 1 aromatic carbocycles. The van der Waals surface area contributed by atoms with Crippen molar-refractivity contribution in [1.82, 2.24) is 0 Å². The van der Waals surface area contributed by atoms with Gasteiger partial charge in [0.15, 0.2) is 0 Å². The molecule has 0 atom stereocenters. The van der Waals surface area contributed by atoms with E-state index in [9.17, 15) is 0 Å². The Labute approximate surface area is 73.0 Å². The number of nitrogens with two attached hydrogens (primary N) is 1. The molecule has 0 fully saturated rings. The Morgan fingerprint density at radius 3 is 2.64 bits per heavy atom. The fourth-order valence-electron chi connectivity index (χ4n) is 1.03. The summed E-state index contributed by atoms with van der Waals surface area (Å²) in [6, 6.07) is 7.98. The topological polar surface area (TPSA) is 26.0 Å². The first-order chi connectivity index (χ1) is 5.34. The third-order valence-corrected chi connectivity index (χ3v) is 1.98. The summed E-state index contributed by atoms with van der Waals surface area (Å²) >= 11 is 4.14. The zero-order valence-electron chi connectivity index (χ0n) is 6.46. The van der Waals surface area contributed by atoms with Gasteiger partial charge in [-0.15, -0.1) is 0 Å². The SMILES string of the molecule is Nc1ccccc1CCCS. The minimum atomic E-state index is 0.897. The van der Waals surface area contributed by atoms with Crippen LogP contribution in [0, 0.1) is 0 Å². The van der Waals surface area contributed by atoms with Gasteiger partial charge in [-0.25, -0.2) is 0 Å². The first kappa shape index (κ1) is 8.47. The first-order valence-electron chi connectivity index (χ1n) is 3.79. The highest BCUT2D eigenvalue weighted by atomic mass is 32.1. The molecule has 0 spiro atoms. The number of benzene rings is 1. The Hall–Kier alpha value is -0.630. The highest BCUT2D eigenvalue weighted by Gasteiger charge is 1.94. The van der Waals surface area contributed by atoms with Gasteiger partial charge in [0.05, 0.1) is 0 Å². The van der Waals surface area contributed by atoms with Crippen LogP contribution in [-0.4, -0.2) is 5.75 Å². The van der Waals surface area contributed by atoms with Crippen molar-refractivity contribution in [3.8, 4) is 0 Å². The van der Waals surface area contributed by atoms with Crippen molar-refractivity contribution in [2.24, 2.45) is 0 Å². The van der Waals surface area contributed by atoms with E-state index in [2.05, 4.69) is 18.7 Å². The molecular weight excluding hydrogens is 154 g/mol. The summed E-state index contributed by atoms with van der Waals surface area (Å²) in [5.74, 6) is 0.925. The smallest absolute Gasteiger partial charge is 0.0346 e. The second kappa shape index (κ2) is 4.29. The summed E-state index contributed by atoms with van der Waals surface area (Å²) in [6.45, 7) is 0. The molecule has 0 radical (unpaired) electrons. The van der Waals surface area contributed by atoms with Crippen molar-refractivity contribution in [3.63, 3.8) is 0 Å². The van der Waals surface area contributed by atoms with Crippen LogP contribution in [0.3, 0.4) is 0 Å². The maximum absolute atomic E-state index is 5.74.